The monoisotopic (exact) mass is 312 g/mol. The van der Waals surface area contributed by atoms with Crippen LogP contribution in [0.2, 0.25) is 0 Å². The van der Waals surface area contributed by atoms with Crippen LogP contribution in [0, 0.1) is 0 Å². The molecule has 0 N–H and O–H groups in total. The van der Waals surface area contributed by atoms with E-state index >= 15 is 0 Å². The van der Waals surface area contributed by atoms with Crippen LogP contribution in [-0.4, -0.2) is 0 Å². The molecule has 3 aromatic rings. The molecule has 0 aliphatic carbocycles. The van der Waals surface area contributed by atoms with E-state index in [1.807, 2.05) is 60.7 Å². The van der Waals surface area contributed by atoms with Gasteiger partial charge in [0.2, 0.25) is 0 Å². The van der Waals surface area contributed by atoms with Crippen LogP contribution in [0.5, 0.6) is 5.75 Å². The zero-order valence-corrected chi connectivity index (χ0v) is 13.6. The molecule has 0 bridgehead atoms. The standard InChI is InChI=1S/C23H20O/c1-2-19-13-16-23(17-14-19)24-18-22-11-7-6-10-21(22)15-12-20-8-4-3-5-9-20/h2-17H,1,18H2. The van der Waals surface area contributed by atoms with Gasteiger partial charge in [0.15, 0.2) is 0 Å². The SMILES string of the molecule is C=Cc1ccc(OCc2ccccc2C=Cc2ccccc2)cc1. The van der Waals surface area contributed by atoms with E-state index < -0.39 is 0 Å². The summed E-state index contributed by atoms with van der Waals surface area (Å²) in [7, 11) is 0. The summed E-state index contributed by atoms with van der Waals surface area (Å²) in [4.78, 5) is 0. The van der Waals surface area contributed by atoms with Crippen LogP contribution in [0.4, 0.5) is 0 Å². The Morgan fingerprint density at radius 2 is 1.42 bits per heavy atom. The molecule has 0 saturated carbocycles. The van der Waals surface area contributed by atoms with Crippen molar-refractivity contribution in [3.63, 3.8) is 0 Å². The molecule has 0 heterocycles. The summed E-state index contributed by atoms with van der Waals surface area (Å²) in [6.07, 6.45) is 6.08. The predicted molar refractivity (Wildman–Crippen MR) is 103 cm³/mol. The average molecular weight is 312 g/mol. The van der Waals surface area contributed by atoms with E-state index in [2.05, 4.69) is 43.0 Å². The minimum absolute atomic E-state index is 0.544. The van der Waals surface area contributed by atoms with E-state index in [1.165, 1.54) is 11.1 Å². The molecule has 3 rings (SSSR count). The lowest BCUT2D eigenvalue weighted by Gasteiger charge is -2.09. The van der Waals surface area contributed by atoms with Gasteiger partial charge in [-0.1, -0.05) is 91.5 Å². The zero-order valence-electron chi connectivity index (χ0n) is 13.6. The third kappa shape index (κ3) is 4.23. The molecule has 24 heavy (non-hydrogen) atoms. The fraction of sp³-hybridized carbons (Fsp3) is 0.0435. The summed E-state index contributed by atoms with van der Waals surface area (Å²) in [5, 5.41) is 0. The Hall–Kier alpha value is -3.06. The first-order valence-corrected chi connectivity index (χ1v) is 8.01. The van der Waals surface area contributed by atoms with Crippen molar-refractivity contribution in [3.8, 4) is 5.75 Å². The molecule has 0 atom stereocenters. The molecule has 0 spiro atoms. The highest BCUT2D eigenvalue weighted by molar-refractivity contribution is 5.71. The molecule has 0 radical (unpaired) electrons. The van der Waals surface area contributed by atoms with Gasteiger partial charge in [-0.25, -0.2) is 0 Å². The summed E-state index contributed by atoms with van der Waals surface area (Å²) in [6, 6.07) is 26.5. The van der Waals surface area contributed by atoms with Crippen molar-refractivity contribution in [3.05, 3.63) is 108 Å². The maximum absolute atomic E-state index is 5.92. The lowest BCUT2D eigenvalue weighted by molar-refractivity contribution is 0.306. The Balaban J connectivity index is 1.71. The first kappa shape index (κ1) is 15.8. The summed E-state index contributed by atoms with van der Waals surface area (Å²) >= 11 is 0. The van der Waals surface area contributed by atoms with Gasteiger partial charge in [-0.2, -0.15) is 0 Å². The van der Waals surface area contributed by atoms with Crippen LogP contribution < -0.4 is 4.74 Å². The van der Waals surface area contributed by atoms with Crippen LogP contribution in [0.1, 0.15) is 22.3 Å². The zero-order chi connectivity index (χ0) is 16.6. The smallest absolute Gasteiger partial charge is 0.119 e. The second-order valence-corrected chi connectivity index (χ2v) is 5.50. The number of rotatable bonds is 6. The summed E-state index contributed by atoms with van der Waals surface area (Å²) in [6.45, 7) is 4.31. The molecule has 3 aromatic carbocycles. The fourth-order valence-corrected chi connectivity index (χ4v) is 2.44. The van der Waals surface area contributed by atoms with Crippen molar-refractivity contribution in [2.45, 2.75) is 6.61 Å². The topological polar surface area (TPSA) is 9.23 Å². The van der Waals surface area contributed by atoms with E-state index in [1.54, 1.807) is 0 Å². The van der Waals surface area contributed by atoms with Gasteiger partial charge in [0.1, 0.15) is 12.4 Å². The highest BCUT2D eigenvalue weighted by atomic mass is 16.5. The van der Waals surface area contributed by atoms with Crippen LogP contribution in [0.15, 0.2) is 85.4 Å². The molecular weight excluding hydrogens is 292 g/mol. The third-order valence-corrected chi connectivity index (χ3v) is 3.82. The lowest BCUT2D eigenvalue weighted by Crippen LogP contribution is -1.97. The van der Waals surface area contributed by atoms with Gasteiger partial charge in [0.05, 0.1) is 0 Å². The van der Waals surface area contributed by atoms with Crippen molar-refractivity contribution in [1.29, 1.82) is 0 Å². The van der Waals surface area contributed by atoms with Crippen molar-refractivity contribution in [1.82, 2.24) is 0 Å². The lowest BCUT2D eigenvalue weighted by atomic mass is 10.1. The maximum atomic E-state index is 5.92. The number of benzene rings is 3. The number of hydrogen-bond donors (Lipinski definition) is 0. The maximum Gasteiger partial charge on any atom is 0.119 e. The van der Waals surface area contributed by atoms with Crippen molar-refractivity contribution < 1.29 is 4.74 Å². The molecule has 0 fully saturated rings. The Morgan fingerprint density at radius 1 is 0.708 bits per heavy atom. The van der Waals surface area contributed by atoms with Crippen LogP contribution in [0.25, 0.3) is 18.2 Å². The normalized spacial score (nSPS) is 10.7. The minimum atomic E-state index is 0.544. The van der Waals surface area contributed by atoms with Gasteiger partial charge in [-0.3, -0.25) is 0 Å². The van der Waals surface area contributed by atoms with Crippen LogP contribution >= 0.6 is 0 Å². The first-order chi connectivity index (χ1) is 11.8. The number of ether oxygens (including phenoxy) is 1. The van der Waals surface area contributed by atoms with Crippen LogP contribution in [-0.2, 0) is 6.61 Å². The summed E-state index contributed by atoms with van der Waals surface area (Å²) < 4.78 is 5.92. The Morgan fingerprint density at radius 3 is 2.17 bits per heavy atom. The fourth-order valence-electron chi connectivity index (χ4n) is 2.44. The van der Waals surface area contributed by atoms with Crippen LogP contribution in [0.3, 0.4) is 0 Å². The molecule has 0 aliphatic heterocycles. The molecule has 1 heteroatoms. The van der Waals surface area contributed by atoms with Crippen molar-refractivity contribution in [2.24, 2.45) is 0 Å². The molecule has 0 saturated heterocycles. The highest BCUT2D eigenvalue weighted by Gasteiger charge is 2.01. The summed E-state index contributed by atoms with van der Waals surface area (Å²) in [5.74, 6) is 0.863. The minimum Gasteiger partial charge on any atom is -0.489 e. The second kappa shape index (κ2) is 7.98. The number of hydrogen-bond acceptors (Lipinski definition) is 1. The molecule has 0 unspecified atom stereocenters. The Labute approximate surface area is 143 Å². The van der Waals surface area contributed by atoms with E-state index in [9.17, 15) is 0 Å². The van der Waals surface area contributed by atoms with Gasteiger partial charge in [0, 0.05) is 0 Å². The van der Waals surface area contributed by atoms with Crippen molar-refractivity contribution >= 4 is 18.2 Å². The third-order valence-electron chi connectivity index (χ3n) is 3.82. The molecule has 0 aliphatic rings. The van der Waals surface area contributed by atoms with E-state index in [0.717, 1.165) is 16.9 Å². The first-order valence-electron chi connectivity index (χ1n) is 8.01. The molecule has 0 amide bonds. The Bertz CT molecular complexity index is 814. The van der Waals surface area contributed by atoms with Gasteiger partial charge >= 0.3 is 0 Å². The largest absolute Gasteiger partial charge is 0.489 e. The highest BCUT2D eigenvalue weighted by Crippen LogP contribution is 2.18. The van der Waals surface area contributed by atoms with Gasteiger partial charge in [-0.15, -0.1) is 0 Å². The summed E-state index contributed by atoms with van der Waals surface area (Å²) in [5.41, 5.74) is 4.61. The second-order valence-electron chi connectivity index (χ2n) is 5.50. The van der Waals surface area contributed by atoms with Crippen molar-refractivity contribution in [2.75, 3.05) is 0 Å². The predicted octanol–water partition coefficient (Wildman–Crippen LogP) is 6.08. The van der Waals surface area contributed by atoms with Gasteiger partial charge < -0.3 is 4.74 Å². The molecule has 1 nitrogen and oxygen atoms in total. The van der Waals surface area contributed by atoms with E-state index in [0.29, 0.717) is 6.61 Å². The quantitative estimate of drug-likeness (QED) is 0.501. The molecule has 0 aromatic heterocycles. The average Bonchev–Trinajstić information content (AvgIpc) is 2.66. The molecular formula is C23H20O. The Kier molecular flexibility index (Phi) is 5.26. The van der Waals surface area contributed by atoms with Gasteiger partial charge in [0.25, 0.3) is 0 Å². The van der Waals surface area contributed by atoms with E-state index in [4.69, 9.17) is 4.74 Å². The molecule has 118 valence electrons. The van der Waals surface area contributed by atoms with Gasteiger partial charge in [-0.05, 0) is 34.4 Å². The van der Waals surface area contributed by atoms with E-state index in [-0.39, 0.29) is 0 Å².